The van der Waals surface area contributed by atoms with Crippen molar-refractivity contribution >= 4 is 11.1 Å². The number of likely N-dealkylation sites (tertiary alicyclic amines) is 1. The van der Waals surface area contributed by atoms with E-state index in [1.807, 2.05) is 36.4 Å². The Morgan fingerprint density at radius 2 is 2.00 bits per heavy atom. The highest BCUT2D eigenvalue weighted by Crippen LogP contribution is 2.28. The van der Waals surface area contributed by atoms with Crippen LogP contribution in [0.1, 0.15) is 30.2 Å². The second-order valence-electron chi connectivity index (χ2n) is 6.82. The van der Waals surface area contributed by atoms with Crippen LogP contribution in [-0.2, 0) is 0 Å². The van der Waals surface area contributed by atoms with Crippen molar-refractivity contribution in [1.82, 2.24) is 9.88 Å². The van der Waals surface area contributed by atoms with Gasteiger partial charge in [0.25, 0.3) is 0 Å². The number of aromatic nitrogens is 1. The molecule has 4 rings (SSSR count). The third kappa shape index (κ3) is 3.85. The molecule has 0 spiro atoms. The molecule has 1 fully saturated rings. The number of hydrogen-bond donors (Lipinski definition) is 0. The first-order valence-electron chi connectivity index (χ1n) is 9.05. The van der Waals surface area contributed by atoms with Gasteiger partial charge in [0.15, 0.2) is 11.5 Å². The molecule has 2 aromatic carbocycles. The molecule has 1 unspecified atom stereocenters. The lowest BCUT2D eigenvalue weighted by Crippen LogP contribution is -2.37. The Kier molecular flexibility index (Phi) is 4.70. The van der Waals surface area contributed by atoms with E-state index in [1.165, 1.54) is 12.0 Å². The number of nitrogens with zero attached hydrogens (tertiary/aromatic N) is 2. The number of ether oxygens (including phenoxy) is 1. The first kappa shape index (κ1) is 16.2. The van der Waals surface area contributed by atoms with E-state index in [0.29, 0.717) is 12.5 Å². The zero-order valence-corrected chi connectivity index (χ0v) is 14.6. The molecule has 4 nitrogen and oxygen atoms in total. The average molecular weight is 336 g/mol. The average Bonchev–Trinajstić information content (AvgIpc) is 3.08. The number of para-hydroxylation sites is 2. The van der Waals surface area contributed by atoms with Crippen LogP contribution in [0.15, 0.2) is 52.9 Å². The Hall–Kier alpha value is -2.33. The number of rotatable bonds is 5. The molecular formula is C21H24N2O2. The smallest absolute Gasteiger partial charge is 0.199 e. The number of piperidine rings is 1. The van der Waals surface area contributed by atoms with Crippen LogP contribution in [0, 0.1) is 6.92 Å². The van der Waals surface area contributed by atoms with Gasteiger partial charge in [-0.2, -0.15) is 0 Å². The molecule has 0 bridgehead atoms. The second-order valence-corrected chi connectivity index (χ2v) is 6.82. The Morgan fingerprint density at radius 1 is 1.16 bits per heavy atom. The van der Waals surface area contributed by atoms with Crippen LogP contribution < -0.4 is 4.74 Å². The van der Waals surface area contributed by atoms with E-state index in [2.05, 4.69) is 28.9 Å². The van der Waals surface area contributed by atoms with Gasteiger partial charge >= 0.3 is 0 Å². The maximum Gasteiger partial charge on any atom is 0.199 e. The largest absolute Gasteiger partial charge is 0.492 e. The van der Waals surface area contributed by atoms with E-state index in [-0.39, 0.29) is 0 Å². The highest BCUT2D eigenvalue weighted by atomic mass is 16.5. The highest BCUT2D eigenvalue weighted by molar-refractivity contribution is 5.72. The van der Waals surface area contributed by atoms with Crippen LogP contribution in [0.2, 0.25) is 0 Å². The number of fused-ring (bicyclic) bond motifs is 1. The van der Waals surface area contributed by atoms with Gasteiger partial charge in [-0.05, 0) is 50.6 Å². The molecule has 2 heterocycles. The molecular weight excluding hydrogens is 312 g/mol. The van der Waals surface area contributed by atoms with Gasteiger partial charge in [0.1, 0.15) is 17.9 Å². The third-order valence-corrected chi connectivity index (χ3v) is 4.86. The molecule has 1 aliphatic rings. The molecule has 1 atom stereocenters. The maximum atomic E-state index is 5.97. The normalized spacial score (nSPS) is 18.5. The summed E-state index contributed by atoms with van der Waals surface area (Å²) in [6.07, 6.45) is 2.32. The van der Waals surface area contributed by atoms with Crippen molar-refractivity contribution in [2.24, 2.45) is 0 Å². The van der Waals surface area contributed by atoms with Gasteiger partial charge in [0, 0.05) is 19.0 Å². The van der Waals surface area contributed by atoms with Crippen LogP contribution in [0.25, 0.3) is 11.1 Å². The summed E-state index contributed by atoms with van der Waals surface area (Å²) in [5.41, 5.74) is 3.10. The number of hydrogen-bond acceptors (Lipinski definition) is 4. The van der Waals surface area contributed by atoms with E-state index in [0.717, 1.165) is 48.8 Å². The van der Waals surface area contributed by atoms with Crippen molar-refractivity contribution in [2.45, 2.75) is 25.7 Å². The quantitative estimate of drug-likeness (QED) is 0.692. The molecule has 1 aliphatic heterocycles. The third-order valence-electron chi connectivity index (χ3n) is 4.86. The predicted octanol–water partition coefficient (Wildman–Crippen LogP) is 4.39. The second kappa shape index (κ2) is 7.28. The highest BCUT2D eigenvalue weighted by Gasteiger charge is 2.25. The Morgan fingerprint density at radius 3 is 2.84 bits per heavy atom. The molecule has 4 heteroatoms. The molecule has 1 saturated heterocycles. The van der Waals surface area contributed by atoms with E-state index in [1.54, 1.807) is 0 Å². The summed E-state index contributed by atoms with van der Waals surface area (Å²) in [6, 6.07) is 16.2. The van der Waals surface area contributed by atoms with Crippen LogP contribution >= 0.6 is 0 Å². The zero-order valence-electron chi connectivity index (χ0n) is 14.6. The van der Waals surface area contributed by atoms with Crippen LogP contribution in [0.4, 0.5) is 0 Å². The fourth-order valence-corrected chi connectivity index (χ4v) is 3.45. The van der Waals surface area contributed by atoms with Crippen molar-refractivity contribution in [3.05, 3.63) is 60.0 Å². The minimum atomic E-state index is 0.375. The first-order valence-corrected chi connectivity index (χ1v) is 9.05. The number of oxazole rings is 1. The topological polar surface area (TPSA) is 38.5 Å². The summed E-state index contributed by atoms with van der Waals surface area (Å²) in [4.78, 5) is 7.14. The molecule has 0 aliphatic carbocycles. The summed E-state index contributed by atoms with van der Waals surface area (Å²) in [7, 11) is 0. The van der Waals surface area contributed by atoms with E-state index < -0.39 is 0 Å². The SMILES string of the molecule is Cc1ccc(OCCN2CCCC(c3nc4ccccc4o3)C2)cc1. The van der Waals surface area contributed by atoms with Crippen LogP contribution in [0.5, 0.6) is 5.75 Å². The van der Waals surface area contributed by atoms with Gasteiger partial charge in [-0.1, -0.05) is 29.8 Å². The number of aryl methyl sites for hydroxylation is 1. The molecule has 0 N–H and O–H groups in total. The molecule has 1 aromatic heterocycles. The fourth-order valence-electron chi connectivity index (χ4n) is 3.45. The minimum Gasteiger partial charge on any atom is -0.492 e. The predicted molar refractivity (Wildman–Crippen MR) is 99.1 cm³/mol. The minimum absolute atomic E-state index is 0.375. The van der Waals surface area contributed by atoms with Crippen molar-refractivity contribution in [2.75, 3.05) is 26.2 Å². The van der Waals surface area contributed by atoms with Gasteiger partial charge in [-0.15, -0.1) is 0 Å². The Balaban J connectivity index is 1.33. The molecule has 0 radical (unpaired) electrons. The Bertz CT molecular complexity index is 792. The maximum absolute atomic E-state index is 5.97. The fraction of sp³-hybridized carbons (Fsp3) is 0.381. The van der Waals surface area contributed by atoms with Crippen LogP contribution in [-0.4, -0.2) is 36.1 Å². The van der Waals surface area contributed by atoms with Gasteiger partial charge in [-0.3, -0.25) is 4.90 Å². The van der Waals surface area contributed by atoms with E-state index in [9.17, 15) is 0 Å². The summed E-state index contributed by atoms with van der Waals surface area (Å²) in [5, 5.41) is 0. The van der Waals surface area contributed by atoms with Crippen molar-refractivity contribution in [3.63, 3.8) is 0 Å². The van der Waals surface area contributed by atoms with Gasteiger partial charge in [-0.25, -0.2) is 4.98 Å². The lowest BCUT2D eigenvalue weighted by molar-refractivity contribution is 0.162. The summed E-state index contributed by atoms with van der Waals surface area (Å²) in [5.74, 6) is 2.20. The molecule has 0 amide bonds. The zero-order chi connectivity index (χ0) is 17.1. The van der Waals surface area contributed by atoms with Gasteiger partial charge < -0.3 is 9.15 Å². The molecule has 25 heavy (non-hydrogen) atoms. The molecule has 130 valence electrons. The molecule has 3 aromatic rings. The monoisotopic (exact) mass is 336 g/mol. The van der Waals surface area contributed by atoms with Crippen molar-refractivity contribution in [1.29, 1.82) is 0 Å². The summed E-state index contributed by atoms with van der Waals surface area (Å²) >= 11 is 0. The lowest BCUT2D eigenvalue weighted by Gasteiger charge is -2.31. The summed E-state index contributed by atoms with van der Waals surface area (Å²) < 4.78 is 11.8. The standard InChI is InChI=1S/C21H24N2O2/c1-16-8-10-18(11-9-16)24-14-13-23-12-4-5-17(15-23)21-22-19-6-2-3-7-20(19)25-21/h2-3,6-11,17H,4-5,12-15H2,1H3. The van der Waals surface area contributed by atoms with Crippen molar-refractivity contribution in [3.8, 4) is 5.75 Å². The van der Waals surface area contributed by atoms with Crippen LogP contribution in [0.3, 0.4) is 0 Å². The van der Waals surface area contributed by atoms with Gasteiger partial charge in [0.05, 0.1) is 0 Å². The van der Waals surface area contributed by atoms with Crippen molar-refractivity contribution < 1.29 is 9.15 Å². The molecule has 0 saturated carbocycles. The lowest BCUT2D eigenvalue weighted by atomic mass is 9.98. The Labute approximate surface area is 148 Å². The van der Waals surface area contributed by atoms with E-state index in [4.69, 9.17) is 9.15 Å². The number of benzene rings is 2. The van der Waals surface area contributed by atoms with E-state index >= 15 is 0 Å². The summed E-state index contributed by atoms with van der Waals surface area (Å²) in [6.45, 7) is 5.84. The van der Waals surface area contributed by atoms with Gasteiger partial charge in [0.2, 0.25) is 0 Å². The first-order chi connectivity index (χ1) is 12.3.